The van der Waals surface area contributed by atoms with Crippen molar-refractivity contribution in [3.63, 3.8) is 0 Å². The highest BCUT2D eigenvalue weighted by atomic mass is 32.2. The lowest BCUT2D eigenvalue weighted by Gasteiger charge is -2.19. The summed E-state index contributed by atoms with van der Waals surface area (Å²) in [6, 6.07) is 10.0. The first-order valence-corrected chi connectivity index (χ1v) is 9.11. The van der Waals surface area contributed by atoms with Crippen LogP contribution in [0.1, 0.15) is 39.7 Å². The SMILES string of the molecule is CC[C@@H](Cc1ccccc1)NC(=O)NCC[S@](=O)C(C)(C)C. The molecule has 0 aliphatic rings. The maximum Gasteiger partial charge on any atom is 0.315 e. The van der Waals surface area contributed by atoms with Crippen LogP contribution in [0.15, 0.2) is 30.3 Å². The first-order valence-electron chi connectivity index (χ1n) is 7.79. The van der Waals surface area contributed by atoms with Crippen molar-refractivity contribution >= 4 is 16.8 Å². The quantitative estimate of drug-likeness (QED) is 0.810. The number of hydrogen-bond acceptors (Lipinski definition) is 2. The molecule has 1 rings (SSSR count). The summed E-state index contributed by atoms with van der Waals surface area (Å²) in [7, 11) is -0.942. The van der Waals surface area contributed by atoms with Gasteiger partial charge in [-0.15, -0.1) is 0 Å². The fourth-order valence-corrected chi connectivity index (χ4v) is 2.90. The molecular weight excluding hydrogens is 296 g/mol. The van der Waals surface area contributed by atoms with Gasteiger partial charge in [0.25, 0.3) is 0 Å². The van der Waals surface area contributed by atoms with E-state index in [0.29, 0.717) is 12.3 Å². The number of carbonyl (C=O) groups excluding carboxylic acids is 1. The molecule has 0 fully saturated rings. The Labute approximate surface area is 136 Å². The highest BCUT2D eigenvalue weighted by Gasteiger charge is 2.19. The van der Waals surface area contributed by atoms with Gasteiger partial charge in [-0.05, 0) is 39.2 Å². The lowest BCUT2D eigenvalue weighted by atomic mass is 10.0. The number of hydrogen-bond donors (Lipinski definition) is 2. The zero-order chi connectivity index (χ0) is 16.6. The summed E-state index contributed by atoms with van der Waals surface area (Å²) in [4.78, 5) is 11.9. The Kier molecular flexibility index (Phi) is 7.59. The van der Waals surface area contributed by atoms with Gasteiger partial charge in [0.1, 0.15) is 0 Å². The largest absolute Gasteiger partial charge is 0.337 e. The zero-order valence-electron chi connectivity index (χ0n) is 14.0. The topological polar surface area (TPSA) is 58.2 Å². The van der Waals surface area contributed by atoms with E-state index in [9.17, 15) is 9.00 Å². The van der Waals surface area contributed by atoms with Crippen molar-refractivity contribution < 1.29 is 9.00 Å². The van der Waals surface area contributed by atoms with Gasteiger partial charge in [-0.2, -0.15) is 0 Å². The van der Waals surface area contributed by atoms with Crippen LogP contribution in [0.2, 0.25) is 0 Å². The molecule has 2 atom stereocenters. The minimum absolute atomic E-state index is 0.107. The summed E-state index contributed by atoms with van der Waals surface area (Å²) in [6.07, 6.45) is 1.69. The van der Waals surface area contributed by atoms with Crippen molar-refractivity contribution in [2.75, 3.05) is 12.3 Å². The van der Waals surface area contributed by atoms with E-state index in [-0.39, 0.29) is 16.8 Å². The minimum atomic E-state index is -0.942. The monoisotopic (exact) mass is 324 g/mol. The van der Waals surface area contributed by atoms with Gasteiger partial charge in [0.05, 0.1) is 0 Å². The third-order valence-corrected chi connectivity index (χ3v) is 5.35. The molecule has 5 heteroatoms. The standard InChI is InChI=1S/C17H28N2O2S/c1-5-15(13-14-9-7-6-8-10-14)19-16(20)18-11-12-22(21)17(2,3)4/h6-10,15H,5,11-13H2,1-4H3,(H2,18,19,20)/t15-,22-/m0/s1. The van der Waals surface area contributed by atoms with Gasteiger partial charge < -0.3 is 10.6 Å². The Hall–Kier alpha value is -1.36. The van der Waals surface area contributed by atoms with E-state index >= 15 is 0 Å². The first-order chi connectivity index (χ1) is 10.3. The molecule has 0 aliphatic heterocycles. The lowest BCUT2D eigenvalue weighted by molar-refractivity contribution is 0.237. The van der Waals surface area contributed by atoms with E-state index in [1.165, 1.54) is 5.56 Å². The van der Waals surface area contributed by atoms with Crippen LogP contribution in [0.3, 0.4) is 0 Å². The number of amides is 2. The van der Waals surface area contributed by atoms with Gasteiger partial charge in [0, 0.05) is 33.9 Å². The van der Waals surface area contributed by atoms with E-state index in [2.05, 4.69) is 29.7 Å². The Morgan fingerprint density at radius 1 is 1.23 bits per heavy atom. The Balaban J connectivity index is 2.35. The lowest BCUT2D eigenvalue weighted by Crippen LogP contribution is -2.44. The van der Waals surface area contributed by atoms with E-state index < -0.39 is 10.8 Å². The summed E-state index contributed by atoms with van der Waals surface area (Å²) < 4.78 is 11.7. The molecule has 0 bridgehead atoms. The van der Waals surface area contributed by atoms with Crippen molar-refractivity contribution in [2.24, 2.45) is 0 Å². The molecule has 0 heterocycles. The van der Waals surface area contributed by atoms with Gasteiger partial charge in [0.15, 0.2) is 0 Å². The molecule has 0 radical (unpaired) electrons. The Morgan fingerprint density at radius 2 is 1.86 bits per heavy atom. The normalized spacial score (nSPS) is 14.2. The molecule has 4 nitrogen and oxygen atoms in total. The van der Waals surface area contributed by atoms with Crippen LogP contribution < -0.4 is 10.6 Å². The van der Waals surface area contributed by atoms with Gasteiger partial charge >= 0.3 is 6.03 Å². The highest BCUT2D eigenvalue weighted by Crippen LogP contribution is 2.10. The number of carbonyl (C=O) groups is 1. The zero-order valence-corrected chi connectivity index (χ0v) is 14.8. The van der Waals surface area contributed by atoms with Gasteiger partial charge in [0.2, 0.25) is 0 Å². The van der Waals surface area contributed by atoms with E-state index in [4.69, 9.17) is 0 Å². The van der Waals surface area contributed by atoms with E-state index in [0.717, 1.165) is 12.8 Å². The molecular formula is C17H28N2O2S. The molecule has 2 N–H and O–H groups in total. The molecule has 0 saturated heterocycles. The predicted octanol–water partition coefficient (Wildman–Crippen LogP) is 2.85. The van der Waals surface area contributed by atoms with Crippen molar-refractivity contribution in [3.8, 4) is 0 Å². The summed E-state index contributed by atoms with van der Waals surface area (Å²) >= 11 is 0. The number of rotatable bonds is 7. The van der Waals surface area contributed by atoms with Crippen LogP contribution in [0.5, 0.6) is 0 Å². The van der Waals surface area contributed by atoms with E-state index in [1.807, 2.05) is 39.0 Å². The van der Waals surface area contributed by atoms with Crippen molar-refractivity contribution in [1.29, 1.82) is 0 Å². The Bertz CT molecular complexity index is 483. The molecule has 0 aliphatic carbocycles. The predicted molar refractivity (Wildman–Crippen MR) is 93.5 cm³/mol. The highest BCUT2D eigenvalue weighted by molar-refractivity contribution is 7.86. The second-order valence-electron chi connectivity index (χ2n) is 6.36. The van der Waals surface area contributed by atoms with Crippen molar-refractivity contribution in [3.05, 3.63) is 35.9 Å². The van der Waals surface area contributed by atoms with Crippen molar-refractivity contribution in [2.45, 2.75) is 51.3 Å². The van der Waals surface area contributed by atoms with E-state index in [1.54, 1.807) is 0 Å². The average molecular weight is 324 g/mol. The number of urea groups is 1. The molecule has 0 spiro atoms. The van der Waals surface area contributed by atoms with Crippen LogP contribution >= 0.6 is 0 Å². The molecule has 1 aromatic rings. The third kappa shape index (κ3) is 7.07. The summed E-state index contributed by atoms with van der Waals surface area (Å²) in [5.41, 5.74) is 1.21. The first kappa shape index (κ1) is 18.7. The Morgan fingerprint density at radius 3 is 2.41 bits per heavy atom. The molecule has 0 unspecified atom stereocenters. The fourth-order valence-electron chi connectivity index (χ4n) is 2.00. The summed E-state index contributed by atoms with van der Waals surface area (Å²) in [5.74, 6) is 0.479. The van der Waals surface area contributed by atoms with Crippen LogP contribution in [0, 0.1) is 0 Å². The third-order valence-electron chi connectivity index (χ3n) is 3.41. The second kappa shape index (κ2) is 8.93. The molecule has 22 heavy (non-hydrogen) atoms. The van der Waals surface area contributed by atoms with Crippen LogP contribution in [-0.2, 0) is 17.2 Å². The van der Waals surface area contributed by atoms with Crippen LogP contribution in [0.25, 0.3) is 0 Å². The number of benzene rings is 1. The van der Waals surface area contributed by atoms with Gasteiger partial charge in [-0.25, -0.2) is 4.79 Å². The smallest absolute Gasteiger partial charge is 0.315 e. The average Bonchev–Trinajstić information content (AvgIpc) is 2.46. The summed E-state index contributed by atoms with van der Waals surface area (Å²) in [6.45, 7) is 8.31. The minimum Gasteiger partial charge on any atom is -0.337 e. The molecule has 124 valence electrons. The fraction of sp³-hybridized carbons (Fsp3) is 0.588. The van der Waals surface area contributed by atoms with Gasteiger partial charge in [-0.1, -0.05) is 37.3 Å². The maximum absolute atomic E-state index is 11.9. The molecule has 2 amide bonds. The summed E-state index contributed by atoms with van der Waals surface area (Å²) in [5, 5.41) is 5.77. The molecule has 1 aromatic carbocycles. The number of nitrogens with one attached hydrogen (secondary N) is 2. The molecule has 0 aromatic heterocycles. The second-order valence-corrected chi connectivity index (χ2v) is 8.68. The van der Waals surface area contributed by atoms with Gasteiger partial charge in [-0.3, -0.25) is 4.21 Å². The van der Waals surface area contributed by atoms with Crippen LogP contribution in [-0.4, -0.2) is 33.3 Å². The van der Waals surface area contributed by atoms with Crippen LogP contribution in [0.4, 0.5) is 4.79 Å². The maximum atomic E-state index is 11.9. The molecule has 0 saturated carbocycles. The van der Waals surface area contributed by atoms with Crippen molar-refractivity contribution in [1.82, 2.24) is 10.6 Å².